The molecule has 0 unspecified atom stereocenters. The first-order valence-electron chi connectivity index (χ1n) is 11.8. The Hall–Kier alpha value is -3.61. The molecular weight excluding hydrogens is 444 g/mol. The van der Waals surface area contributed by atoms with Crippen molar-refractivity contribution in [2.45, 2.75) is 39.7 Å². The molecule has 0 bridgehead atoms. The summed E-state index contributed by atoms with van der Waals surface area (Å²) in [6.07, 6.45) is 0.0534. The highest BCUT2D eigenvalue weighted by Gasteiger charge is 2.39. The highest BCUT2D eigenvalue weighted by atomic mass is 16.7. The maximum Gasteiger partial charge on any atom is 0.513 e. The molecule has 1 aliphatic heterocycles. The molecule has 2 aromatic carbocycles. The number of fused-ring (bicyclic) bond motifs is 3. The molecule has 0 N–H and O–H groups in total. The van der Waals surface area contributed by atoms with Crippen LogP contribution in [-0.2, 0) is 16.7 Å². The zero-order chi connectivity index (χ0) is 25.5. The summed E-state index contributed by atoms with van der Waals surface area (Å²) in [5, 5.41) is 0. The van der Waals surface area contributed by atoms with E-state index in [-0.39, 0.29) is 12.1 Å². The van der Waals surface area contributed by atoms with E-state index in [1.54, 1.807) is 21.1 Å². The summed E-state index contributed by atoms with van der Waals surface area (Å²) >= 11 is 0. The lowest BCUT2D eigenvalue weighted by Gasteiger charge is -2.36. The summed E-state index contributed by atoms with van der Waals surface area (Å²) in [5.41, 5.74) is 6.49. The maximum absolute atomic E-state index is 12.7. The molecule has 0 saturated heterocycles. The minimum atomic E-state index is -0.726. The number of hydrogen-bond donors (Lipinski definition) is 0. The first-order chi connectivity index (χ1) is 16.6. The van der Waals surface area contributed by atoms with Gasteiger partial charge in [0.05, 0.1) is 26.5 Å². The summed E-state index contributed by atoms with van der Waals surface area (Å²) in [7, 11) is 7.27. The molecule has 7 nitrogen and oxygen atoms in total. The average Bonchev–Trinajstić information content (AvgIpc) is 3.11. The van der Waals surface area contributed by atoms with Gasteiger partial charge in [0.15, 0.2) is 17.2 Å². The molecule has 0 radical (unpaired) electrons. The van der Waals surface area contributed by atoms with Crippen LogP contribution in [0.15, 0.2) is 36.4 Å². The molecule has 35 heavy (non-hydrogen) atoms. The van der Waals surface area contributed by atoms with E-state index in [0.717, 1.165) is 45.7 Å². The Morgan fingerprint density at radius 1 is 1.09 bits per heavy atom. The Kier molecular flexibility index (Phi) is 6.45. The lowest BCUT2D eigenvalue weighted by molar-refractivity contribution is 0.104. The second-order valence-corrected chi connectivity index (χ2v) is 9.56. The van der Waals surface area contributed by atoms with Gasteiger partial charge in [-0.1, -0.05) is 12.1 Å². The van der Waals surface area contributed by atoms with E-state index in [1.165, 1.54) is 0 Å². The molecule has 0 aliphatic carbocycles. The number of methoxy groups -OCH3 is 2. The van der Waals surface area contributed by atoms with Gasteiger partial charge >= 0.3 is 6.16 Å². The van der Waals surface area contributed by atoms with Gasteiger partial charge in [-0.2, -0.15) is 0 Å². The fourth-order valence-corrected chi connectivity index (χ4v) is 5.11. The topological polar surface area (TPSA) is 62.2 Å². The van der Waals surface area contributed by atoms with E-state index in [0.29, 0.717) is 17.2 Å². The number of carbonyl (C=O) groups is 1. The van der Waals surface area contributed by atoms with Crippen molar-refractivity contribution in [1.82, 2.24) is 4.57 Å². The van der Waals surface area contributed by atoms with E-state index in [2.05, 4.69) is 42.4 Å². The number of nitrogens with zero attached hydrogens (tertiary/aromatic N) is 2. The monoisotopic (exact) mass is 478 g/mol. The van der Waals surface area contributed by atoms with Crippen LogP contribution in [0.5, 0.6) is 17.2 Å². The largest absolute Gasteiger partial charge is 0.513 e. The van der Waals surface area contributed by atoms with Gasteiger partial charge in [0.25, 0.3) is 0 Å². The summed E-state index contributed by atoms with van der Waals surface area (Å²) in [5.74, 6) is 1.78. The van der Waals surface area contributed by atoms with E-state index in [1.807, 2.05) is 38.4 Å². The Morgan fingerprint density at radius 3 is 2.40 bits per heavy atom. The number of carbonyl (C=O) groups excluding carboxylic acids is 1. The molecule has 7 heteroatoms. The predicted molar refractivity (Wildman–Crippen MR) is 138 cm³/mol. The van der Waals surface area contributed by atoms with Crippen LogP contribution in [0.2, 0.25) is 0 Å². The SMILES string of the molecule is CCOC(=O)Oc1c(-c2cccc(N(C)C)c2)c(C)n2c1-c1cc(OC)c(OC)cc1CC2(C)C. The van der Waals surface area contributed by atoms with E-state index < -0.39 is 6.16 Å². The van der Waals surface area contributed by atoms with Gasteiger partial charge in [0.2, 0.25) is 0 Å². The predicted octanol–water partition coefficient (Wildman–Crippen LogP) is 6.04. The second-order valence-electron chi connectivity index (χ2n) is 9.56. The van der Waals surface area contributed by atoms with Gasteiger partial charge in [0.1, 0.15) is 0 Å². The molecule has 186 valence electrons. The molecule has 0 spiro atoms. The van der Waals surface area contributed by atoms with Crippen LogP contribution in [0.3, 0.4) is 0 Å². The summed E-state index contributed by atoms with van der Waals surface area (Å²) < 4.78 is 24.6. The fourth-order valence-electron chi connectivity index (χ4n) is 5.11. The van der Waals surface area contributed by atoms with Crippen molar-refractivity contribution in [3.8, 4) is 39.6 Å². The first-order valence-corrected chi connectivity index (χ1v) is 11.8. The Bertz CT molecular complexity index is 1270. The van der Waals surface area contributed by atoms with Gasteiger partial charge in [-0.05, 0) is 69.5 Å². The van der Waals surface area contributed by atoms with Crippen LogP contribution >= 0.6 is 0 Å². The molecule has 0 atom stereocenters. The lowest BCUT2D eigenvalue weighted by atomic mass is 9.85. The van der Waals surface area contributed by atoms with Gasteiger partial charge in [-0.25, -0.2) is 4.79 Å². The van der Waals surface area contributed by atoms with Crippen LogP contribution in [0.4, 0.5) is 10.5 Å². The van der Waals surface area contributed by atoms with Crippen molar-refractivity contribution in [2.24, 2.45) is 0 Å². The number of anilines is 1. The third-order valence-electron chi connectivity index (χ3n) is 6.55. The molecule has 1 aromatic heterocycles. The van der Waals surface area contributed by atoms with Crippen LogP contribution in [0.1, 0.15) is 32.0 Å². The molecule has 1 aliphatic rings. The van der Waals surface area contributed by atoms with E-state index in [4.69, 9.17) is 18.9 Å². The van der Waals surface area contributed by atoms with Crippen molar-refractivity contribution in [2.75, 3.05) is 39.8 Å². The Labute approximate surface area is 207 Å². The van der Waals surface area contributed by atoms with Gasteiger partial charge < -0.3 is 28.4 Å². The van der Waals surface area contributed by atoms with E-state index >= 15 is 0 Å². The molecule has 4 rings (SSSR count). The van der Waals surface area contributed by atoms with E-state index in [9.17, 15) is 4.79 Å². The van der Waals surface area contributed by atoms with Crippen molar-refractivity contribution >= 4 is 11.8 Å². The minimum Gasteiger partial charge on any atom is -0.493 e. The number of rotatable bonds is 6. The Morgan fingerprint density at radius 2 is 1.77 bits per heavy atom. The van der Waals surface area contributed by atoms with Crippen molar-refractivity contribution in [3.63, 3.8) is 0 Å². The highest BCUT2D eigenvalue weighted by molar-refractivity contribution is 5.90. The fraction of sp³-hybridized carbons (Fsp3) is 0.393. The molecule has 0 fully saturated rings. The van der Waals surface area contributed by atoms with Crippen LogP contribution in [0, 0.1) is 6.92 Å². The highest BCUT2D eigenvalue weighted by Crippen LogP contribution is 2.53. The summed E-state index contributed by atoms with van der Waals surface area (Å²) in [6, 6.07) is 12.2. The quantitative estimate of drug-likeness (QED) is 0.403. The number of benzene rings is 2. The minimum absolute atomic E-state index is 0.229. The lowest BCUT2D eigenvalue weighted by Crippen LogP contribution is -2.34. The third-order valence-corrected chi connectivity index (χ3v) is 6.55. The van der Waals surface area contributed by atoms with Crippen molar-refractivity contribution in [1.29, 1.82) is 0 Å². The molecule has 2 heterocycles. The molecule has 0 amide bonds. The third kappa shape index (κ3) is 4.20. The average molecular weight is 479 g/mol. The van der Waals surface area contributed by atoms with Gasteiger partial charge in [-0.3, -0.25) is 0 Å². The zero-order valence-electron chi connectivity index (χ0n) is 21.8. The summed E-state index contributed by atoms with van der Waals surface area (Å²) in [4.78, 5) is 14.7. The maximum atomic E-state index is 12.7. The summed E-state index contributed by atoms with van der Waals surface area (Å²) in [6.45, 7) is 8.45. The van der Waals surface area contributed by atoms with Crippen LogP contribution < -0.4 is 19.1 Å². The number of ether oxygens (including phenoxy) is 4. The number of aromatic nitrogens is 1. The molecule has 0 saturated carbocycles. The van der Waals surface area contributed by atoms with Crippen LogP contribution in [-0.4, -0.2) is 45.6 Å². The van der Waals surface area contributed by atoms with Gasteiger partial charge in [-0.15, -0.1) is 0 Å². The van der Waals surface area contributed by atoms with Gasteiger partial charge in [0, 0.05) is 42.1 Å². The first kappa shape index (κ1) is 24.5. The zero-order valence-corrected chi connectivity index (χ0v) is 21.8. The normalized spacial score (nSPS) is 13.5. The molecule has 3 aromatic rings. The van der Waals surface area contributed by atoms with Crippen LogP contribution in [0.25, 0.3) is 22.4 Å². The Balaban J connectivity index is 2.07. The number of hydrogen-bond acceptors (Lipinski definition) is 6. The standard InChI is InChI=1S/C28H34N2O5/c1-9-34-27(31)35-26-24(18-11-10-12-20(13-18)29(5)6)17(2)30-25(26)21-15-23(33-8)22(32-7)14-19(21)16-28(30,3)4/h10-15H,9,16H2,1-8H3. The molecular formula is C28H34N2O5. The second kappa shape index (κ2) is 9.21. The van der Waals surface area contributed by atoms with Crippen molar-refractivity contribution in [3.05, 3.63) is 47.7 Å². The smallest absolute Gasteiger partial charge is 0.493 e. The van der Waals surface area contributed by atoms with Crippen molar-refractivity contribution < 1.29 is 23.7 Å².